The molecule has 2 atom stereocenters. The highest BCUT2D eigenvalue weighted by molar-refractivity contribution is 6.01. The summed E-state index contributed by atoms with van der Waals surface area (Å²) >= 11 is 0. The van der Waals surface area contributed by atoms with E-state index in [1.54, 1.807) is 12.1 Å². The minimum absolute atomic E-state index is 0.0494. The Morgan fingerprint density at radius 2 is 2.00 bits per heavy atom. The lowest BCUT2D eigenvalue weighted by Gasteiger charge is -2.35. The third-order valence-electron chi connectivity index (χ3n) is 6.46. The number of hydrogen-bond acceptors (Lipinski definition) is 7. The molecule has 1 aliphatic carbocycles. The average Bonchev–Trinajstić information content (AvgIpc) is 3.19. The normalized spacial score (nSPS) is 19.5. The quantitative estimate of drug-likeness (QED) is 0.566. The second-order valence-corrected chi connectivity index (χ2v) is 8.39. The number of ketones is 1. The van der Waals surface area contributed by atoms with Crippen molar-refractivity contribution in [2.45, 2.75) is 38.5 Å². The second kappa shape index (κ2) is 8.31. The first-order valence-electron chi connectivity index (χ1n) is 11.1. The Morgan fingerprint density at radius 3 is 2.79 bits per heavy atom. The zero-order valence-corrected chi connectivity index (χ0v) is 18.8. The van der Waals surface area contributed by atoms with Gasteiger partial charge in [0.15, 0.2) is 17.3 Å². The van der Waals surface area contributed by atoms with Crippen LogP contribution in [0, 0.1) is 6.92 Å². The van der Waals surface area contributed by atoms with Crippen LogP contribution in [0.15, 0.2) is 58.3 Å². The molecule has 33 heavy (non-hydrogen) atoms. The van der Waals surface area contributed by atoms with Gasteiger partial charge >= 0.3 is 0 Å². The third kappa shape index (κ3) is 3.53. The Labute approximate surface area is 192 Å². The average molecular weight is 447 g/mol. The van der Waals surface area contributed by atoms with Crippen molar-refractivity contribution in [2.75, 3.05) is 19.0 Å². The smallest absolute Gasteiger partial charge is 0.233 e. The molecule has 2 N–H and O–H groups in total. The lowest BCUT2D eigenvalue weighted by molar-refractivity contribution is -0.116. The summed E-state index contributed by atoms with van der Waals surface area (Å²) in [4.78, 5) is 13.7. The Morgan fingerprint density at radius 1 is 1.18 bits per heavy atom. The topological polar surface area (TPSA) is 93.8 Å². The van der Waals surface area contributed by atoms with Gasteiger partial charge in [-0.3, -0.25) is 4.79 Å². The van der Waals surface area contributed by atoms with Crippen LogP contribution >= 0.6 is 0 Å². The zero-order valence-electron chi connectivity index (χ0n) is 18.8. The molecule has 3 aromatic rings. The fourth-order valence-electron chi connectivity index (χ4n) is 4.97. The number of carbonyl (C=O) groups excluding carboxylic acids is 1. The lowest BCUT2D eigenvalue weighted by Crippen LogP contribution is -2.29. The van der Waals surface area contributed by atoms with E-state index in [4.69, 9.17) is 14.0 Å². The number of aromatic hydroxyl groups is 1. The van der Waals surface area contributed by atoms with Crippen LogP contribution in [0.5, 0.6) is 17.2 Å². The van der Waals surface area contributed by atoms with Crippen molar-refractivity contribution < 1.29 is 23.9 Å². The van der Waals surface area contributed by atoms with E-state index in [9.17, 15) is 9.90 Å². The minimum atomic E-state index is -0.312. The van der Waals surface area contributed by atoms with E-state index in [1.165, 1.54) is 7.11 Å². The van der Waals surface area contributed by atoms with Crippen LogP contribution in [0.1, 0.15) is 54.0 Å². The number of carbonyl (C=O) groups is 1. The molecule has 0 saturated carbocycles. The summed E-state index contributed by atoms with van der Waals surface area (Å²) in [5.74, 6) is 1.51. The van der Waals surface area contributed by atoms with Gasteiger partial charge in [0.1, 0.15) is 5.75 Å². The van der Waals surface area contributed by atoms with Crippen LogP contribution in [0.2, 0.25) is 0 Å². The Kier molecular flexibility index (Phi) is 5.32. The van der Waals surface area contributed by atoms with Gasteiger partial charge in [0.25, 0.3) is 0 Å². The number of hydrogen-bond donors (Lipinski definition) is 2. The maximum Gasteiger partial charge on any atom is 0.233 e. The first-order chi connectivity index (χ1) is 16.0. The SMILES string of the molecule is CCOc1ccccc1[C@@H]1C2=C(C[C@H](c3ccc(O)c(OC)c3)CC2=O)Nc2onc(C)c21. The molecular formula is C26H26N2O5. The number of fused-ring (bicyclic) bond motifs is 1. The molecule has 0 amide bonds. The van der Waals surface area contributed by atoms with Crippen molar-refractivity contribution in [1.29, 1.82) is 0 Å². The van der Waals surface area contributed by atoms with Crippen LogP contribution in [0.3, 0.4) is 0 Å². The summed E-state index contributed by atoms with van der Waals surface area (Å²) in [7, 11) is 1.52. The molecule has 1 aromatic heterocycles. The van der Waals surface area contributed by atoms with Crippen LogP contribution in [-0.4, -0.2) is 29.8 Å². The number of phenols is 1. The largest absolute Gasteiger partial charge is 0.504 e. The Hall–Kier alpha value is -3.74. The Bertz CT molecular complexity index is 1260. The minimum Gasteiger partial charge on any atom is -0.504 e. The summed E-state index contributed by atoms with van der Waals surface area (Å²) in [6.07, 6.45) is 0.989. The molecule has 5 rings (SSSR count). The molecule has 7 nitrogen and oxygen atoms in total. The van der Waals surface area contributed by atoms with E-state index in [2.05, 4.69) is 10.5 Å². The molecule has 0 bridgehead atoms. The van der Waals surface area contributed by atoms with Crippen LogP contribution in [0.25, 0.3) is 0 Å². The zero-order chi connectivity index (χ0) is 23.1. The number of rotatable bonds is 5. The van der Waals surface area contributed by atoms with Crippen molar-refractivity contribution in [3.05, 3.63) is 76.1 Å². The van der Waals surface area contributed by atoms with Gasteiger partial charge < -0.3 is 24.4 Å². The number of aromatic nitrogens is 1. The molecule has 7 heteroatoms. The van der Waals surface area contributed by atoms with Crippen molar-refractivity contribution in [3.8, 4) is 17.2 Å². The molecule has 0 radical (unpaired) electrons. The van der Waals surface area contributed by atoms with Crippen LogP contribution < -0.4 is 14.8 Å². The fourth-order valence-corrected chi connectivity index (χ4v) is 4.97. The molecule has 2 aliphatic rings. The van der Waals surface area contributed by atoms with E-state index in [0.29, 0.717) is 31.1 Å². The standard InChI is InChI=1S/C26H26N2O5/c1-4-32-21-8-6-5-7-17(21)24-23-14(2)28-33-26(23)27-18-11-16(12-20(30)25(18)24)15-9-10-19(29)22(13-15)31-3/h5-10,13,16,24,27,29H,4,11-12H2,1-3H3/t16-,24-/m0/s1. The molecule has 2 heterocycles. The number of aryl methyl sites for hydroxylation is 1. The number of para-hydroxylation sites is 1. The molecule has 2 aromatic carbocycles. The summed E-state index contributed by atoms with van der Waals surface area (Å²) in [5, 5.41) is 17.5. The molecule has 170 valence electrons. The summed E-state index contributed by atoms with van der Waals surface area (Å²) in [6, 6.07) is 13.1. The summed E-state index contributed by atoms with van der Waals surface area (Å²) in [6.45, 7) is 4.37. The number of Topliss-reactive ketones (excluding diaryl/α,β-unsaturated/α-hetero) is 1. The Balaban J connectivity index is 1.61. The van der Waals surface area contributed by atoms with E-state index in [-0.39, 0.29) is 23.4 Å². The van der Waals surface area contributed by atoms with E-state index < -0.39 is 0 Å². The second-order valence-electron chi connectivity index (χ2n) is 8.39. The van der Waals surface area contributed by atoms with E-state index in [0.717, 1.165) is 39.4 Å². The van der Waals surface area contributed by atoms with Gasteiger partial charge in [-0.15, -0.1) is 0 Å². The predicted octanol–water partition coefficient (Wildman–Crippen LogP) is 5.05. The molecular weight excluding hydrogens is 420 g/mol. The van der Waals surface area contributed by atoms with Gasteiger partial charge in [-0.2, -0.15) is 0 Å². The van der Waals surface area contributed by atoms with Gasteiger partial charge in [0, 0.05) is 23.3 Å². The number of nitrogens with one attached hydrogen (secondary N) is 1. The first kappa shape index (κ1) is 21.1. The number of benzene rings is 2. The molecule has 0 fully saturated rings. The highest BCUT2D eigenvalue weighted by atomic mass is 16.5. The van der Waals surface area contributed by atoms with E-state index in [1.807, 2.05) is 44.2 Å². The van der Waals surface area contributed by atoms with Gasteiger partial charge in [-0.05, 0) is 49.9 Å². The monoisotopic (exact) mass is 446 g/mol. The summed E-state index contributed by atoms with van der Waals surface area (Å²) in [5.41, 5.74) is 5.07. The number of ether oxygens (including phenoxy) is 2. The predicted molar refractivity (Wildman–Crippen MR) is 123 cm³/mol. The summed E-state index contributed by atoms with van der Waals surface area (Å²) < 4.78 is 16.8. The molecule has 1 aliphatic heterocycles. The van der Waals surface area contributed by atoms with Crippen LogP contribution in [-0.2, 0) is 4.79 Å². The van der Waals surface area contributed by atoms with E-state index >= 15 is 0 Å². The number of anilines is 1. The first-order valence-corrected chi connectivity index (χ1v) is 11.1. The third-order valence-corrected chi connectivity index (χ3v) is 6.46. The highest BCUT2D eigenvalue weighted by Crippen LogP contribution is 2.51. The van der Waals surface area contributed by atoms with Gasteiger partial charge in [-0.25, -0.2) is 0 Å². The molecule has 0 spiro atoms. The maximum atomic E-state index is 13.7. The van der Waals surface area contributed by atoms with Crippen LogP contribution in [0.4, 0.5) is 5.88 Å². The van der Waals surface area contributed by atoms with Crippen molar-refractivity contribution in [2.24, 2.45) is 0 Å². The maximum absolute atomic E-state index is 13.7. The molecule has 0 unspecified atom stereocenters. The number of phenolic OH excluding ortho intramolecular Hbond substituents is 1. The van der Waals surface area contributed by atoms with Crippen molar-refractivity contribution >= 4 is 11.7 Å². The van der Waals surface area contributed by atoms with Gasteiger partial charge in [-0.1, -0.05) is 29.4 Å². The molecule has 0 saturated heterocycles. The lowest BCUT2D eigenvalue weighted by atomic mass is 9.72. The highest BCUT2D eigenvalue weighted by Gasteiger charge is 2.42. The fraction of sp³-hybridized carbons (Fsp3) is 0.308. The number of methoxy groups -OCH3 is 1. The van der Waals surface area contributed by atoms with Crippen molar-refractivity contribution in [3.63, 3.8) is 0 Å². The number of allylic oxidation sites excluding steroid dienone is 2. The van der Waals surface area contributed by atoms with Gasteiger partial charge in [0.2, 0.25) is 5.88 Å². The van der Waals surface area contributed by atoms with Crippen molar-refractivity contribution in [1.82, 2.24) is 5.16 Å². The number of nitrogens with zero attached hydrogens (tertiary/aromatic N) is 1. The van der Waals surface area contributed by atoms with Gasteiger partial charge in [0.05, 0.1) is 30.9 Å².